The summed E-state index contributed by atoms with van der Waals surface area (Å²) >= 11 is 1.18. The van der Waals surface area contributed by atoms with Gasteiger partial charge in [-0.3, -0.25) is 0 Å². The number of anilines is 1. The highest BCUT2D eigenvalue weighted by Gasteiger charge is 2.25. The maximum atomic E-state index is 9.55. The number of nitrogens with zero attached hydrogens (tertiary/aromatic N) is 5. The van der Waals surface area contributed by atoms with Crippen LogP contribution in [-0.4, -0.2) is 36.0 Å². The van der Waals surface area contributed by atoms with Gasteiger partial charge in [0.05, 0.1) is 29.6 Å². The predicted octanol–water partition coefficient (Wildman–Crippen LogP) is 5.91. The molecule has 8 heteroatoms. The van der Waals surface area contributed by atoms with E-state index < -0.39 is 11.7 Å². The molecule has 0 bridgehead atoms. The smallest absolute Gasteiger partial charge is 0.158 e. The Kier molecular flexibility index (Phi) is 8.51. The van der Waals surface area contributed by atoms with Crippen molar-refractivity contribution in [2.24, 2.45) is 10.2 Å². The average Bonchev–Trinajstić information content (AvgIpc) is 3.04. The molecule has 32 heavy (non-hydrogen) atoms. The van der Waals surface area contributed by atoms with E-state index in [-0.39, 0.29) is 12.6 Å². The summed E-state index contributed by atoms with van der Waals surface area (Å²) in [7, 11) is 0. The first-order valence-electron chi connectivity index (χ1n) is 10.5. The van der Waals surface area contributed by atoms with Crippen molar-refractivity contribution in [2.75, 3.05) is 18.1 Å². The highest BCUT2D eigenvalue weighted by Crippen LogP contribution is 2.36. The quantitative estimate of drug-likeness (QED) is 0.475. The van der Waals surface area contributed by atoms with Gasteiger partial charge in [-0.05, 0) is 77.8 Å². The number of benzene rings is 1. The summed E-state index contributed by atoms with van der Waals surface area (Å²) in [5.41, 5.74) is 3.31. The average molecular weight is 454 g/mol. The Hall–Kier alpha value is -2.78. The Morgan fingerprint density at radius 2 is 1.84 bits per heavy atom. The minimum absolute atomic E-state index is 0.244. The molecule has 170 valence electrons. The molecule has 1 heterocycles. The first-order chi connectivity index (χ1) is 15.0. The molecule has 1 aromatic carbocycles. The number of azo groups is 1. The fourth-order valence-corrected chi connectivity index (χ4v) is 4.09. The minimum Gasteiger partial charge on any atom is -0.391 e. The summed E-state index contributed by atoms with van der Waals surface area (Å²) in [6.45, 7) is 14.7. The summed E-state index contributed by atoms with van der Waals surface area (Å²) in [5, 5.41) is 37.2. The lowest BCUT2D eigenvalue weighted by atomic mass is 10.1. The van der Waals surface area contributed by atoms with Gasteiger partial charge in [-0.25, -0.2) is 0 Å². The summed E-state index contributed by atoms with van der Waals surface area (Å²) < 4.78 is 5.90. The molecule has 0 spiro atoms. The predicted molar refractivity (Wildman–Crippen MR) is 128 cm³/mol. The Bertz CT molecular complexity index is 1060. The Labute approximate surface area is 194 Å². The van der Waals surface area contributed by atoms with E-state index >= 15 is 0 Å². The van der Waals surface area contributed by atoms with Crippen molar-refractivity contribution in [3.05, 3.63) is 39.8 Å². The zero-order chi connectivity index (χ0) is 24.1. The molecule has 0 aliphatic heterocycles. The molecular formula is C24H31N5O2S. The molecule has 1 aromatic heterocycles. The van der Waals surface area contributed by atoms with Gasteiger partial charge in [-0.2, -0.15) is 10.5 Å². The van der Waals surface area contributed by atoms with Crippen molar-refractivity contribution in [3.63, 3.8) is 0 Å². The molecule has 7 nitrogen and oxygen atoms in total. The van der Waals surface area contributed by atoms with Gasteiger partial charge < -0.3 is 14.7 Å². The van der Waals surface area contributed by atoms with Crippen LogP contribution in [0.2, 0.25) is 0 Å². The summed E-state index contributed by atoms with van der Waals surface area (Å²) in [4.78, 5) is 2.74. The van der Waals surface area contributed by atoms with Gasteiger partial charge >= 0.3 is 0 Å². The molecular weight excluding hydrogens is 422 g/mol. The van der Waals surface area contributed by atoms with E-state index in [9.17, 15) is 15.6 Å². The lowest BCUT2D eigenvalue weighted by Crippen LogP contribution is -2.45. The maximum absolute atomic E-state index is 9.55. The molecule has 1 atom stereocenters. The fraction of sp³-hybridized carbons (Fsp3) is 0.500. The molecule has 0 aliphatic carbocycles. The van der Waals surface area contributed by atoms with Crippen LogP contribution >= 0.6 is 11.3 Å². The highest BCUT2D eigenvalue weighted by atomic mass is 32.1. The number of thiophene rings is 1. The Morgan fingerprint density at radius 1 is 1.16 bits per heavy atom. The van der Waals surface area contributed by atoms with Gasteiger partial charge in [-0.1, -0.05) is 0 Å². The van der Waals surface area contributed by atoms with Crippen LogP contribution in [0.5, 0.6) is 0 Å². The highest BCUT2D eigenvalue weighted by molar-refractivity contribution is 7.16. The summed E-state index contributed by atoms with van der Waals surface area (Å²) in [6.07, 6.45) is -0.508. The van der Waals surface area contributed by atoms with E-state index in [2.05, 4.69) is 47.2 Å². The summed E-state index contributed by atoms with van der Waals surface area (Å²) in [6, 6.07) is 10.4. The van der Waals surface area contributed by atoms with Gasteiger partial charge in [0.2, 0.25) is 0 Å². The van der Waals surface area contributed by atoms with Crippen LogP contribution in [0.25, 0.3) is 0 Å². The van der Waals surface area contributed by atoms with E-state index in [1.165, 1.54) is 11.3 Å². The maximum Gasteiger partial charge on any atom is 0.158 e. The van der Waals surface area contributed by atoms with Gasteiger partial charge in [0, 0.05) is 18.3 Å². The number of rotatable bonds is 9. The van der Waals surface area contributed by atoms with Crippen LogP contribution in [-0.2, 0) is 4.74 Å². The van der Waals surface area contributed by atoms with E-state index in [1.807, 2.05) is 32.9 Å². The number of aliphatic hydroxyl groups is 1. The molecule has 0 aliphatic rings. The molecule has 0 amide bonds. The number of hydrogen-bond donors (Lipinski definition) is 1. The molecule has 0 fully saturated rings. The number of hydrogen-bond acceptors (Lipinski definition) is 8. The van der Waals surface area contributed by atoms with Gasteiger partial charge in [0.25, 0.3) is 0 Å². The second-order valence-corrected chi connectivity index (χ2v) is 9.77. The number of aliphatic hydroxyl groups excluding tert-OH is 1. The Morgan fingerprint density at radius 3 is 2.38 bits per heavy atom. The van der Waals surface area contributed by atoms with Crippen LogP contribution < -0.4 is 4.90 Å². The van der Waals surface area contributed by atoms with Crippen molar-refractivity contribution in [2.45, 2.75) is 66.2 Å². The van der Waals surface area contributed by atoms with Crippen molar-refractivity contribution in [3.8, 4) is 12.1 Å². The third-order valence-electron chi connectivity index (χ3n) is 4.99. The van der Waals surface area contributed by atoms with Crippen LogP contribution in [0.4, 0.5) is 16.4 Å². The van der Waals surface area contributed by atoms with Crippen molar-refractivity contribution in [1.82, 2.24) is 0 Å². The minimum atomic E-state index is -0.508. The van der Waals surface area contributed by atoms with E-state index in [1.54, 1.807) is 13.8 Å². The summed E-state index contributed by atoms with van der Waals surface area (Å²) in [5.74, 6) is 0. The standard InChI is InChI=1S/C24H31N5O2S/c1-15(2)29(14-24(6,7)31-13-17(4)30)19-8-9-21(16(3)10-19)27-28-23-20(11-25)18(5)22(12-26)32-23/h8-10,15,17,30H,13-14H2,1-7H3. The van der Waals surface area contributed by atoms with Crippen LogP contribution in [0.1, 0.15) is 56.2 Å². The van der Waals surface area contributed by atoms with Crippen molar-refractivity contribution < 1.29 is 9.84 Å². The molecule has 1 unspecified atom stereocenters. The van der Waals surface area contributed by atoms with Gasteiger partial charge in [0.1, 0.15) is 17.0 Å². The molecule has 0 saturated heterocycles. The first-order valence-corrected chi connectivity index (χ1v) is 11.4. The van der Waals surface area contributed by atoms with Crippen LogP contribution in [0, 0.1) is 36.5 Å². The molecule has 2 rings (SSSR count). The number of aryl methyl sites for hydroxylation is 1. The second-order valence-electron chi connectivity index (χ2n) is 8.77. The molecule has 2 aromatic rings. The zero-order valence-corrected chi connectivity index (χ0v) is 20.6. The third-order valence-corrected chi connectivity index (χ3v) is 6.07. The van der Waals surface area contributed by atoms with Gasteiger partial charge in [0.15, 0.2) is 5.00 Å². The van der Waals surface area contributed by atoms with Crippen LogP contribution in [0.3, 0.4) is 0 Å². The lowest BCUT2D eigenvalue weighted by Gasteiger charge is -2.37. The molecule has 1 N–H and O–H groups in total. The zero-order valence-electron chi connectivity index (χ0n) is 19.8. The number of nitriles is 2. The normalized spacial score (nSPS) is 12.7. The Balaban J connectivity index is 2.27. The van der Waals surface area contributed by atoms with E-state index in [4.69, 9.17) is 4.74 Å². The van der Waals surface area contributed by atoms with Gasteiger partial charge in [-0.15, -0.1) is 21.6 Å². The van der Waals surface area contributed by atoms with E-state index in [0.717, 1.165) is 11.3 Å². The first kappa shape index (κ1) is 25.5. The SMILES string of the molecule is Cc1cc(N(CC(C)(C)OCC(C)O)C(C)C)ccc1N=Nc1sc(C#N)c(C)c1C#N. The van der Waals surface area contributed by atoms with E-state index in [0.29, 0.717) is 33.2 Å². The second kappa shape index (κ2) is 10.7. The topological polar surface area (TPSA) is 105 Å². The molecule has 0 saturated carbocycles. The lowest BCUT2D eigenvalue weighted by molar-refractivity contribution is -0.0504. The monoisotopic (exact) mass is 453 g/mol. The largest absolute Gasteiger partial charge is 0.391 e. The van der Waals surface area contributed by atoms with Crippen molar-refractivity contribution >= 4 is 27.7 Å². The van der Waals surface area contributed by atoms with Crippen molar-refractivity contribution in [1.29, 1.82) is 10.5 Å². The number of ether oxygens (including phenoxy) is 1. The fourth-order valence-electron chi connectivity index (χ4n) is 3.21. The molecule has 0 radical (unpaired) electrons. The van der Waals surface area contributed by atoms with Crippen LogP contribution in [0.15, 0.2) is 28.4 Å². The third kappa shape index (κ3) is 6.37.